The minimum atomic E-state index is -3.60. The average Bonchev–Trinajstić information content (AvgIpc) is 2.80. The first kappa shape index (κ1) is 16.5. The summed E-state index contributed by atoms with van der Waals surface area (Å²) in [6.07, 6.45) is 0. The lowest BCUT2D eigenvalue weighted by Gasteiger charge is -2.15. The van der Waals surface area contributed by atoms with Gasteiger partial charge in [0.15, 0.2) is 0 Å². The zero-order chi connectivity index (χ0) is 15.8. The van der Waals surface area contributed by atoms with Gasteiger partial charge in [-0.25, -0.2) is 13.1 Å². The number of benzene rings is 1. The zero-order valence-electron chi connectivity index (χ0n) is 12.0. The molecule has 1 aromatic carbocycles. The van der Waals surface area contributed by atoms with Crippen LogP contribution in [-0.4, -0.2) is 8.42 Å². The van der Waals surface area contributed by atoms with Crippen LogP contribution < -0.4 is 10.5 Å². The van der Waals surface area contributed by atoms with Crippen molar-refractivity contribution >= 4 is 43.0 Å². The molecule has 0 bridgehead atoms. The first-order valence-corrected chi connectivity index (χ1v) is 9.47. The van der Waals surface area contributed by atoms with Gasteiger partial charge in [-0.1, -0.05) is 0 Å². The quantitative estimate of drug-likeness (QED) is 0.787. The van der Waals surface area contributed by atoms with Gasteiger partial charge in [-0.15, -0.1) is 11.3 Å². The minimum Gasteiger partial charge on any atom is -0.398 e. The van der Waals surface area contributed by atoms with Crippen molar-refractivity contribution in [2.45, 2.75) is 32.2 Å². The smallest absolute Gasteiger partial charge is 0.241 e. The van der Waals surface area contributed by atoms with Gasteiger partial charge in [-0.2, -0.15) is 0 Å². The zero-order valence-corrected chi connectivity index (χ0v) is 15.2. The Balaban J connectivity index is 2.39. The summed E-state index contributed by atoms with van der Waals surface area (Å²) in [4.78, 5) is 1.22. The molecule has 0 radical (unpaired) electrons. The van der Waals surface area contributed by atoms with E-state index in [1.54, 1.807) is 19.9 Å². The lowest BCUT2D eigenvalue weighted by atomic mass is 10.1. The number of anilines is 1. The molecule has 0 fully saturated rings. The Morgan fingerprint density at radius 1 is 1.29 bits per heavy atom. The molecule has 1 aromatic heterocycles. The molecule has 21 heavy (non-hydrogen) atoms. The number of hydrogen-bond acceptors (Lipinski definition) is 4. The Kier molecular flexibility index (Phi) is 4.77. The molecule has 1 heterocycles. The number of hydrogen-bond donors (Lipinski definition) is 2. The fourth-order valence-corrected chi connectivity index (χ4v) is 5.22. The summed E-state index contributed by atoms with van der Waals surface area (Å²) >= 11 is 4.90. The van der Waals surface area contributed by atoms with Crippen molar-refractivity contribution in [1.29, 1.82) is 0 Å². The summed E-state index contributed by atoms with van der Waals surface area (Å²) < 4.78 is 28.8. The molecule has 0 saturated carbocycles. The van der Waals surface area contributed by atoms with E-state index in [4.69, 9.17) is 5.73 Å². The second-order valence-electron chi connectivity index (χ2n) is 4.88. The van der Waals surface area contributed by atoms with Crippen molar-refractivity contribution < 1.29 is 8.42 Å². The van der Waals surface area contributed by atoms with E-state index in [0.29, 0.717) is 11.3 Å². The van der Waals surface area contributed by atoms with E-state index in [1.165, 1.54) is 11.3 Å². The fraction of sp³-hybridized carbons (Fsp3) is 0.286. The van der Waals surface area contributed by atoms with Crippen LogP contribution in [0.1, 0.15) is 21.6 Å². The van der Waals surface area contributed by atoms with Crippen LogP contribution in [0.25, 0.3) is 0 Å². The van der Waals surface area contributed by atoms with Gasteiger partial charge >= 0.3 is 0 Å². The monoisotopic (exact) mass is 388 g/mol. The van der Waals surface area contributed by atoms with Crippen molar-refractivity contribution in [3.05, 3.63) is 43.6 Å². The number of rotatable bonds is 4. The number of aryl methyl sites for hydroxylation is 1. The van der Waals surface area contributed by atoms with Gasteiger partial charge < -0.3 is 5.73 Å². The van der Waals surface area contributed by atoms with Gasteiger partial charge in [0.1, 0.15) is 0 Å². The molecule has 114 valence electrons. The Morgan fingerprint density at radius 3 is 2.52 bits per heavy atom. The largest absolute Gasteiger partial charge is 0.398 e. The lowest BCUT2D eigenvalue weighted by Crippen LogP contribution is -2.25. The van der Waals surface area contributed by atoms with Crippen LogP contribution in [0.3, 0.4) is 0 Å². The summed E-state index contributed by atoms with van der Waals surface area (Å²) in [6, 6.07) is 3.70. The Hall–Kier alpha value is -0.890. The third kappa shape index (κ3) is 3.31. The average molecular weight is 389 g/mol. The van der Waals surface area contributed by atoms with Crippen LogP contribution in [0.4, 0.5) is 5.69 Å². The van der Waals surface area contributed by atoms with Crippen LogP contribution in [0.15, 0.2) is 26.9 Å². The van der Waals surface area contributed by atoms with Gasteiger partial charge in [-0.3, -0.25) is 0 Å². The third-order valence-corrected chi connectivity index (χ3v) is 7.06. The summed E-state index contributed by atoms with van der Waals surface area (Å²) in [5.74, 6) is 0. The van der Waals surface area contributed by atoms with E-state index in [1.807, 2.05) is 18.4 Å². The number of nitrogen functional groups attached to an aromatic ring is 1. The molecule has 2 rings (SSSR count). The summed E-state index contributed by atoms with van der Waals surface area (Å²) in [6.45, 7) is 5.65. The standard InChI is InChI=1S/C14H17BrN2O2S2/c1-8-6-12(16)10(3)14(9(8)2)21(18,19)17-7-13-11(15)4-5-20-13/h4-6,17H,7,16H2,1-3H3. The van der Waals surface area contributed by atoms with Crippen LogP contribution in [0.5, 0.6) is 0 Å². The number of thiophene rings is 1. The SMILES string of the molecule is Cc1cc(N)c(C)c(S(=O)(=O)NCc2sccc2Br)c1C. The third-order valence-electron chi connectivity index (χ3n) is 3.46. The van der Waals surface area contributed by atoms with Crippen LogP contribution in [0, 0.1) is 20.8 Å². The van der Waals surface area contributed by atoms with Crippen molar-refractivity contribution in [2.75, 3.05) is 5.73 Å². The number of nitrogens with one attached hydrogen (secondary N) is 1. The summed E-state index contributed by atoms with van der Waals surface area (Å²) in [7, 11) is -3.60. The second kappa shape index (κ2) is 6.08. The Bertz CT molecular complexity index is 756. The number of sulfonamides is 1. The highest BCUT2D eigenvalue weighted by atomic mass is 79.9. The van der Waals surface area contributed by atoms with E-state index >= 15 is 0 Å². The number of nitrogens with two attached hydrogens (primary N) is 1. The molecular formula is C14H17BrN2O2S2. The van der Waals surface area contributed by atoms with Crippen molar-refractivity contribution in [3.8, 4) is 0 Å². The molecule has 0 unspecified atom stereocenters. The minimum absolute atomic E-state index is 0.257. The lowest BCUT2D eigenvalue weighted by molar-refractivity contribution is 0.580. The molecule has 0 aliphatic rings. The maximum absolute atomic E-state index is 12.6. The van der Waals surface area contributed by atoms with Gasteiger partial charge in [0, 0.05) is 21.6 Å². The van der Waals surface area contributed by atoms with Gasteiger partial charge in [0.05, 0.1) is 4.90 Å². The molecule has 0 amide bonds. The predicted octanol–water partition coefficient (Wildman–Crippen LogP) is 3.50. The van der Waals surface area contributed by atoms with E-state index in [9.17, 15) is 8.42 Å². The Labute approximate surface area is 137 Å². The first-order chi connectivity index (χ1) is 9.74. The molecule has 0 aliphatic carbocycles. The van der Waals surface area contributed by atoms with Crippen molar-refractivity contribution in [2.24, 2.45) is 0 Å². The molecule has 0 aliphatic heterocycles. The Morgan fingerprint density at radius 2 is 1.95 bits per heavy atom. The van der Waals surface area contributed by atoms with Gasteiger partial charge in [-0.05, 0) is 70.9 Å². The number of halogens is 1. The fourth-order valence-electron chi connectivity index (χ4n) is 2.13. The summed E-state index contributed by atoms with van der Waals surface area (Å²) in [5.41, 5.74) is 8.60. The topological polar surface area (TPSA) is 72.2 Å². The first-order valence-electron chi connectivity index (χ1n) is 6.32. The maximum atomic E-state index is 12.6. The van der Waals surface area contributed by atoms with Crippen LogP contribution in [-0.2, 0) is 16.6 Å². The van der Waals surface area contributed by atoms with Crippen LogP contribution >= 0.6 is 27.3 Å². The van der Waals surface area contributed by atoms with E-state index in [2.05, 4.69) is 20.7 Å². The van der Waals surface area contributed by atoms with Crippen molar-refractivity contribution in [1.82, 2.24) is 4.72 Å². The second-order valence-corrected chi connectivity index (χ2v) is 8.44. The van der Waals surface area contributed by atoms with E-state index in [-0.39, 0.29) is 11.4 Å². The molecule has 0 saturated heterocycles. The highest BCUT2D eigenvalue weighted by Gasteiger charge is 2.22. The van der Waals surface area contributed by atoms with Gasteiger partial charge in [0.2, 0.25) is 10.0 Å². The van der Waals surface area contributed by atoms with Crippen LogP contribution in [0.2, 0.25) is 0 Å². The molecule has 7 heteroatoms. The van der Waals surface area contributed by atoms with E-state index in [0.717, 1.165) is 20.5 Å². The van der Waals surface area contributed by atoms with E-state index < -0.39 is 10.0 Å². The predicted molar refractivity (Wildman–Crippen MR) is 91.1 cm³/mol. The molecule has 4 nitrogen and oxygen atoms in total. The summed E-state index contributed by atoms with van der Waals surface area (Å²) in [5, 5.41) is 1.91. The highest BCUT2D eigenvalue weighted by molar-refractivity contribution is 9.10. The molecular weight excluding hydrogens is 372 g/mol. The maximum Gasteiger partial charge on any atom is 0.241 e. The molecule has 2 aromatic rings. The molecule has 3 N–H and O–H groups in total. The molecule has 0 atom stereocenters. The molecule has 0 spiro atoms. The normalized spacial score (nSPS) is 11.8. The highest BCUT2D eigenvalue weighted by Crippen LogP contribution is 2.28. The van der Waals surface area contributed by atoms with Gasteiger partial charge in [0.25, 0.3) is 0 Å². The van der Waals surface area contributed by atoms with Crippen molar-refractivity contribution in [3.63, 3.8) is 0 Å².